The highest BCUT2D eigenvalue weighted by Gasteiger charge is 2.19. The molecule has 0 N–H and O–H groups in total. The topological polar surface area (TPSA) is 0 Å². The van der Waals surface area contributed by atoms with Crippen molar-refractivity contribution in [1.29, 1.82) is 0 Å². The first kappa shape index (κ1) is 9.41. The van der Waals surface area contributed by atoms with Gasteiger partial charge in [0.15, 0.2) is 0 Å². The van der Waals surface area contributed by atoms with Crippen LogP contribution in [0.5, 0.6) is 0 Å². The normalized spacial score (nSPS) is 18.1. The highest BCUT2D eigenvalue weighted by Crippen LogP contribution is 2.38. The van der Waals surface area contributed by atoms with E-state index in [1.165, 1.54) is 22.3 Å². The van der Waals surface area contributed by atoms with Gasteiger partial charge in [0.25, 0.3) is 0 Å². The van der Waals surface area contributed by atoms with E-state index in [4.69, 9.17) is 0 Å². The molecule has 1 aliphatic carbocycles. The lowest BCUT2D eigenvalue weighted by Gasteiger charge is -2.06. The summed E-state index contributed by atoms with van der Waals surface area (Å²) < 4.78 is 0. The molecule has 2 aromatic carbocycles. The third kappa shape index (κ3) is 1.38. The van der Waals surface area contributed by atoms with Crippen molar-refractivity contribution >= 4 is 5.57 Å². The van der Waals surface area contributed by atoms with Crippen LogP contribution < -0.4 is 0 Å². The van der Waals surface area contributed by atoms with Crippen molar-refractivity contribution in [3.8, 4) is 0 Å². The molecule has 1 aliphatic rings. The fourth-order valence-electron chi connectivity index (χ4n) is 2.44. The Kier molecular flexibility index (Phi) is 2.14. The Morgan fingerprint density at radius 3 is 2.31 bits per heavy atom. The first-order chi connectivity index (χ1) is 7.86. The average Bonchev–Trinajstić information content (AvgIpc) is 2.69. The fourth-order valence-corrected chi connectivity index (χ4v) is 2.44. The first-order valence-corrected chi connectivity index (χ1v) is 5.73. The van der Waals surface area contributed by atoms with Gasteiger partial charge in [-0.3, -0.25) is 0 Å². The van der Waals surface area contributed by atoms with Crippen LogP contribution in [0.2, 0.25) is 0 Å². The van der Waals surface area contributed by atoms with Crippen LogP contribution in [0.1, 0.15) is 29.5 Å². The van der Waals surface area contributed by atoms with Crippen molar-refractivity contribution < 1.29 is 0 Å². The molecule has 0 fully saturated rings. The molecule has 0 radical (unpaired) electrons. The maximum Gasteiger partial charge on any atom is 0.000514 e. The molecule has 0 heterocycles. The minimum Gasteiger partial charge on any atom is -0.0688 e. The summed E-state index contributed by atoms with van der Waals surface area (Å²) in [5.74, 6) is 0.534. The SMILES string of the molecule is C[C@@H]1C=C(c2ccccc2)c2ccccc21. The lowest BCUT2D eigenvalue weighted by molar-refractivity contribution is 0.990. The zero-order valence-electron chi connectivity index (χ0n) is 9.35. The number of hydrogen-bond donors (Lipinski definition) is 0. The largest absolute Gasteiger partial charge is 0.0688 e. The highest BCUT2D eigenvalue weighted by molar-refractivity contribution is 5.85. The maximum atomic E-state index is 2.36. The molecule has 2 aromatic rings. The predicted molar refractivity (Wildman–Crippen MR) is 68.4 cm³/mol. The molecule has 0 amide bonds. The maximum absolute atomic E-state index is 2.36. The van der Waals surface area contributed by atoms with Crippen molar-refractivity contribution in [3.05, 3.63) is 77.4 Å². The summed E-state index contributed by atoms with van der Waals surface area (Å²) >= 11 is 0. The second-order valence-corrected chi connectivity index (χ2v) is 4.32. The van der Waals surface area contributed by atoms with Crippen LogP contribution in [-0.4, -0.2) is 0 Å². The van der Waals surface area contributed by atoms with Crippen LogP contribution in [0.4, 0.5) is 0 Å². The molecule has 0 heteroatoms. The lowest BCUT2D eigenvalue weighted by Crippen LogP contribution is -1.87. The summed E-state index contributed by atoms with van der Waals surface area (Å²) in [6.45, 7) is 2.26. The molecule has 16 heavy (non-hydrogen) atoms. The molecule has 0 nitrogen and oxygen atoms in total. The summed E-state index contributed by atoms with van der Waals surface area (Å²) in [6.07, 6.45) is 2.36. The van der Waals surface area contributed by atoms with E-state index in [2.05, 4.69) is 67.6 Å². The Labute approximate surface area is 96.3 Å². The minimum atomic E-state index is 0.534. The van der Waals surface area contributed by atoms with Gasteiger partial charge in [0.2, 0.25) is 0 Å². The van der Waals surface area contributed by atoms with E-state index in [1.807, 2.05) is 0 Å². The molecule has 0 aliphatic heterocycles. The predicted octanol–water partition coefficient (Wildman–Crippen LogP) is 4.24. The van der Waals surface area contributed by atoms with Gasteiger partial charge in [0.05, 0.1) is 0 Å². The zero-order valence-corrected chi connectivity index (χ0v) is 9.35. The van der Waals surface area contributed by atoms with Gasteiger partial charge in [0, 0.05) is 5.92 Å². The number of rotatable bonds is 1. The molecule has 0 aromatic heterocycles. The summed E-state index contributed by atoms with van der Waals surface area (Å²) in [5.41, 5.74) is 5.53. The van der Waals surface area contributed by atoms with E-state index in [0.717, 1.165) is 0 Å². The summed E-state index contributed by atoms with van der Waals surface area (Å²) in [6, 6.07) is 19.3. The zero-order chi connectivity index (χ0) is 11.0. The number of benzene rings is 2. The minimum absolute atomic E-state index is 0.534. The van der Waals surface area contributed by atoms with E-state index in [1.54, 1.807) is 0 Å². The summed E-state index contributed by atoms with van der Waals surface area (Å²) in [7, 11) is 0. The van der Waals surface area contributed by atoms with Crippen LogP contribution in [0.3, 0.4) is 0 Å². The van der Waals surface area contributed by atoms with Crippen LogP contribution in [0.25, 0.3) is 5.57 Å². The van der Waals surface area contributed by atoms with Crippen molar-refractivity contribution in [1.82, 2.24) is 0 Å². The molecule has 0 unspecified atom stereocenters. The van der Waals surface area contributed by atoms with E-state index in [0.29, 0.717) is 5.92 Å². The molecule has 78 valence electrons. The van der Waals surface area contributed by atoms with Crippen molar-refractivity contribution in [3.63, 3.8) is 0 Å². The van der Waals surface area contributed by atoms with Crippen molar-refractivity contribution in [2.24, 2.45) is 0 Å². The Hall–Kier alpha value is -1.82. The molecule has 0 saturated heterocycles. The monoisotopic (exact) mass is 206 g/mol. The summed E-state index contributed by atoms with van der Waals surface area (Å²) in [5, 5.41) is 0. The second-order valence-electron chi connectivity index (χ2n) is 4.32. The Bertz CT molecular complexity index is 535. The molecular formula is C16H14. The van der Waals surface area contributed by atoms with Gasteiger partial charge in [0.1, 0.15) is 0 Å². The van der Waals surface area contributed by atoms with Gasteiger partial charge >= 0.3 is 0 Å². The average molecular weight is 206 g/mol. The Balaban J connectivity index is 2.15. The van der Waals surface area contributed by atoms with Crippen LogP contribution in [0.15, 0.2) is 60.7 Å². The van der Waals surface area contributed by atoms with Crippen LogP contribution in [-0.2, 0) is 0 Å². The van der Waals surface area contributed by atoms with Crippen molar-refractivity contribution in [2.75, 3.05) is 0 Å². The van der Waals surface area contributed by atoms with E-state index >= 15 is 0 Å². The van der Waals surface area contributed by atoms with E-state index < -0.39 is 0 Å². The Morgan fingerprint density at radius 1 is 0.812 bits per heavy atom. The first-order valence-electron chi connectivity index (χ1n) is 5.73. The fraction of sp³-hybridized carbons (Fsp3) is 0.125. The third-order valence-electron chi connectivity index (χ3n) is 3.24. The molecule has 1 atom stereocenters. The second kappa shape index (κ2) is 3.64. The van der Waals surface area contributed by atoms with E-state index in [-0.39, 0.29) is 0 Å². The molecule has 0 spiro atoms. The standard InChI is InChI=1S/C16H14/c1-12-11-16(13-7-3-2-4-8-13)15-10-6-5-9-14(12)15/h2-12H,1H3/t12-/m1/s1. The molecular weight excluding hydrogens is 192 g/mol. The quantitative estimate of drug-likeness (QED) is 0.654. The number of allylic oxidation sites excluding steroid dienone is 1. The smallest absolute Gasteiger partial charge is 0.000514 e. The lowest BCUT2D eigenvalue weighted by atomic mass is 9.98. The van der Waals surface area contributed by atoms with Crippen LogP contribution >= 0.6 is 0 Å². The van der Waals surface area contributed by atoms with Gasteiger partial charge in [-0.1, -0.05) is 67.6 Å². The summed E-state index contributed by atoms with van der Waals surface area (Å²) in [4.78, 5) is 0. The van der Waals surface area contributed by atoms with E-state index in [9.17, 15) is 0 Å². The Morgan fingerprint density at radius 2 is 1.50 bits per heavy atom. The van der Waals surface area contributed by atoms with Crippen molar-refractivity contribution in [2.45, 2.75) is 12.8 Å². The van der Waals surface area contributed by atoms with Gasteiger partial charge in [-0.25, -0.2) is 0 Å². The highest BCUT2D eigenvalue weighted by atomic mass is 14.2. The van der Waals surface area contributed by atoms with Gasteiger partial charge in [-0.05, 0) is 22.3 Å². The number of fused-ring (bicyclic) bond motifs is 1. The molecule has 0 bridgehead atoms. The van der Waals surface area contributed by atoms with Gasteiger partial charge in [-0.2, -0.15) is 0 Å². The van der Waals surface area contributed by atoms with Gasteiger partial charge < -0.3 is 0 Å². The molecule has 0 saturated carbocycles. The number of hydrogen-bond acceptors (Lipinski definition) is 0. The third-order valence-corrected chi connectivity index (χ3v) is 3.24. The van der Waals surface area contributed by atoms with Gasteiger partial charge in [-0.15, -0.1) is 0 Å². The molecule has 3 rings (SSSR count). The van der Waals surface area contributed by atoms with Crippen LogP contribution in [0, 0.1) is 0 Å².